The number of phenols is 1. The molecule has 1 saturated heterocycles. The predicted molar refractivity (Wildman–Crippen MR) is 93.2 cm³/mol. The van der Waals surface area contributed by atoms with Gasteiger partial charge in [0.2, 0.25) is 0 Å². The molecule has 2 rings (SSSR count). The lowest BCUT2D eigenvalue weighted by atomic mass is 9.92. The fourth-order valence-electron chi connectivity index (χ4n) is 2.57. The summed E-state index contributed by atoms with van der Waals surface area (Å²) in [5, 5.41) is 19.7. The first-order valence-corrected chi connectivity index (χ1v) is 8.70. The van der Waals surface area contributed by atoms with E-state index in [1.54, 1.807) is 0 Å². The van der Waals surface area contributed by atoms with Crippen molar-refractivity contribution in [3.05, 3.63) is 24.8 Å². The second kappa shape index (κ2) is 6.91. The van der Waals surface area contributed by atoms with Crippen LogP contribution in [-0.2, 0) is 6.54 Å². The lowest BCUT2D eigenvalue weighted by molar-refractivity contribution is 0.0693. The molecule has 0 spiro atoms. The van der Waals surface area contributed by atoms with Gasteiger partial charge in [-0.2, -0.15) is 0 Å². The summed E-state index contributed by atoms with van der Waals surface area (Å²) < 4.78 is 2.08. The van der Waals surface area contributed by atoms with Crippen LogP contribution < -0.4 is 0 Å². The van der Waals surface area contributed by atoms with Gasteiger partial charge in [0.25, 0.3) is 0 Å². The van der Waals surface area contributed by atoms with Crippen molar-refractivity contribution in [2.24, 2.45) is 5.92 Å². The molecule has 0 amide bonds. The first-order chi connectivity index (χ1) is 8.97. The van der Waals surface area contributed by atoms with E-state index >= 15 is 0 Å². The number of halogens is 2. The van der Waals surface area contributed by atoms with Gasteiger partial charge in [0.1, 0.15) is 5.75 Å². The Morgan fingerprint density at radius 2 is 1.95 bits per heavy atom. The van der Waals surface area contributed by atoms with Crippen molar-refractivity contribution in [2.45, 2.75) is 32.4 Å². The Morgan fingerprint density at radius 3 is 2.53 bits per heavy atom. The molecule has 3 nitrogen and oxygen atoms in total. The zero-order chi connectivity index (χ0) is 14.0. The molecule has 19 heavy (non-hydrogen) atoms. The number of likely N-dealkylation sites (tertiary alicyclic amines) is 1. The van der Waals surface area contributed by atoms with E-state index in [9.17, 15) is 10.2 Å². The van der Waals surface area contributed by atoms with Crippen LogP contribution in [0, 0.1) is 13.1 Å². The molecule has 1 aliphatic heterocycles. The fraction of sp³-hybridized carbons (Fsp3) is 0.571. The van der Waals surface area contributed by atoms with Crippen LogP contribution in [0.25, 0.3) is 0 Å². The van der Waals surface area contributed by atoms with Gasteiger partial charge in [-0.3, -0.25) is 4.90 Å². The molecule has 0 aromatic heterocycles. The van der Waals surface area contributed by atoms with Gasteiger partial charge in [-0.25, -0.2) is 0 Å². The summed E-state index contributed by atoms with van der Waals surface area (Å²) in [6, 6.07) is 4.04. The molecular formula is C14H19I2NO2. The molecule has 1 atom stereocenters. The Morgan fingerprint density at radius 1 is 1.32 bits per heavy atom. The van der Waals surface area contributed by atoms with E-state index in [1.807, 2.05) is 13.0 Å². The second-order valence-corrected chi connectivity index (χ2v) is 7.66. The van der Waals surface area contributed by atoms with E-state index in [1.165, 1.54) is 0 Å². The van der Waals surface area contributed by atoms with Crippen LogP contribution in [0.5, 0.6) is 5.75 Å². The van der Waals surface area contributed by atoms with Crippen molar-refractivity contribution >= 4 is 45.2 Å². The van der Waals surface area contributed by atoms with Crippen LogP contribution in [0.1, 0.15) is 25.3 Å². The van der Waals surface area contributed by atoms with Crippen molar-refractivity contribution in [1.29, 1.82) is 0 Å². The number of phenolic OH excluding ortho intramolecular Hbond substituents is 1. The number of piperidine rings is 1. The third-order valence-corrected chi connectivity index (χ3v) is 5.26. The lowest BCUT2D eigenvalue weighted by Crippen LogP contribution is -2.36. The van der Waals surface area contributed by atoms with Gasteiger partial charge in [0.15, 0.2) is 0 Å². The molecule has 0 saturated carbocycles. The summed E-state index contributed by atoms with van der Waals surface area (Å²) in [5.41, 5.74) is 1.01. The molecule has 1 unspecified atom stereocenters. The van der Waals surface area contributed by atoms with E-state index in [4.69, 9.17) is 0 Å². The van der Waals surface area contributed by atoms with Crippen molar-refractivity contribution in [1.82, 2.24) is 4.90 Å². The van der Waals surface area contributed by atoms with Gasteiger partial charge < -0.3 is 10.2 Å². The number of aromatic hydroxyl groups is 1. The maximum Gasteiger partial charge on any atom is 0.133 e. The number of rotatable bonds is 3. The number of hydrogen-bond donors (Lipinski definition) is 2. The smallest absolute Gasteiger partial charge is 0.133 e. The summed E-state index contributed by atoms with van der Waals surface area (Å²) in [4.78, 5) is 2.36. The van der Waals surface area contributed by atoms with E-state index in [0.717, 1.165) is 45.2 Å². The SMILES string of the molecule is CC(O)C1CCN(Cc2cc(I)cc(I)c2O)CC1. The van der Waals surface area contributed by atoms with Crippen LogP contribution in [0.4, 0.5) is 0 Å². The molecule has 1 aliphatic rings. The molecule has 106 valence electrons. The zero-order valence-corrected chi connectivity index (χ0v) is 15.3. The molecule has 0 radical (unpaired) electrons. The Hall–Kier alpha value is 0.400. The first-order valence-electron chi connectivity index (χ1n) is 6.54. The minimum atomic E-state index is -0.200. The van der Waals surface area contributed by atoms with Gasteiger partial charge in [-0.15, -0.1) is 0 Å². The molecule has 1 aromatic rings. The van der Waals surface area contributed by atoms with Crippen molar-refractivity contribution in [2.75, 3.05) is 13.1 Å². The zero-order valence-electron chi connectivity index (χ0n) is 10.9. The molecule has 0 bridgehead atoms. The van der Waals surface area contributed by atoms with Crippen LogP contribution in [0.2, 0.25) is 0 Å². The number of benzene rings is 1. The van der Waals surface area contributed by atoms with E-state index in [-0.39, 0.29) is 6.10 Å². The van der Waals surface area contributed by atoms with Crippen molar-refractivity contribution < 1.29 is 10.2 Å². The number of aliphatic hydroxyl groups is 1. The van der Waals surface area contributed by atoms with Gasteiger partial charge in [-0.1, -0.05) is 0 Å². The largest absolute Gasteiger partial charge is 0.507 e. The summed E-state index contributed by atoms with van der Waals surface area (Å²) in [6.45, 7) is 4.67. The normalized spacial score (nSPS) is 19.6. The van der Waals surface area contributed by atoms with Crippen LogP contribution in [0.3, 0.4) is 0 Å². The lowest BCUT2D eigenvalue weighted by Gasteiger charge is -2.33. The molecule has 1 aromatic carbocycles. The minimum absolute atomic E-state index is 0.200. The average molecular weight is 487 g/mol. The standard InChI is InChI=1S/C14H19I2NO2/c1-9(18)10-2-4-17(5-3-10)8-11-6-12(15)7-13(16)14(11)19/h6-7,9-10,18-19H,2-5,8H2,1H3. The van der Waals surface area contributed by atoms with Crippen molar-refractivity contribution in [3.63, 3.8) is 0 Å². The Kier molecular flexibility index (Phi) is 5.74. The molecule has 0 aliphatic carbocycles. The highest BCUT2D eigenvalue weighted by Gasteiger charge is 2.23. The predicted octanol–water partition coefficient (Wildman–Crippen LogP) is 3.19. The van der Waals surface area contributed by atoms with Gasteiger partial charge in [-0.05, 0) is 96.1 Å². The van der Waals surface area contributed by atoms with E-state index in [2.05, 4.69) is 56.1 Å². The summed E-state index contributed by atoms with van der Waals surface area (Å²) in [6.07, 6.45) is 1.88. The van der Waals surface area contributed by atoms with Crippen molar-refractivity contribution in [3.8, 4) is 5.75 Å². The maximum atomic E-state index is 10.1. The molecule has 1 fully saturated rings. The average Bonchev–Trinajstić information content (AvgIpc) is 2.36. The van der Waals surface area contributed by atoms with Gasteiger partial charge >= 0.3 is 0 Å². The van der Waals surface area contributed by atoms with Gasteiger partial charge in [0.05, 0.1) is 9.67 Å². The second-order valence-electron chi connectivity index (χ2n) is 5.25. The summed E-state index contributed by atoms with van der Waals surface area (Å²) in [5.74, 6) is 0.847. The Bertz CT molecular complexity index is 443. The Balaban J connectivity index is 2.00. The van der Waals surface area contributed by atoms with E-state index < -0.39 is 0 Å². The highest BCUT2D eigenvalue weighted by atomic mass is 127. The number of aliphatic hydroxyl groups excluding tert-OH is 1. The van der Waals surface area contributed by atoms with Crippen LogP contribution in [-0.4, -0.2) is 34.3 Å². The third kappa shape index (κ3) is 4.18. The van der Waals surface area contributed by atoms with E-state index in [0.29, 0.717) is 11.7 Å². The Labute approximate surface area is 141 Å². The monoisotopic (exact) mass is 487 g/mol. The topological polar surface area (TPSA) is 43.7 Å². The molecular weight excluding hydrogens is 468 g/mol. The number of hydrogen-bond acceptors (Lipinski definition) is 3. The molecule has 2 N–H and O–H groups in total. The van der Waals surface area contributed by atoms with Crippen LogP contribution >= 0.6 is 45.2 Å². The third-order valence-electron chi connectivity index (χ3n) is 3.82. The highest BCUT2D eigenvalue weighted by molar-refractivity contribution is 14.1. The fourth-order valence-corrected chi connectivity index (χ4v) is 4.54. The molecule has 1 heterocycles. The summed E-state index contributed by atoms with van der Waals surface area (Å²) in [7, 11) is 0. The number of nitrogens with zero attached hydrogens (tertiary/aromatic N) is 1. The van der Waals surface area contributed by atoms with Gasteiger partial charge in [0, 0.05) is 15.7 Å². The molecule has 5 heteroatoms. The first kappa shape index (κ1) is 15.8. The highest BCUT2D eigenvalue weighted by Crippen LogP contribution is 2.29. The summed E-state index contributed by atoms with van der Waals surface area (Å²) >= 11 is 4.46. The van der Waals surface area contributed by atoms with Crippen LogP contribution in [0.15, 0.2) is 12.1 Å². The maximum absolute atomic E-state index is 10.1. The quantitative estimate of drug-likeness (QED) is 0.645. The minimum Gasteiger partial charge on any atom is -0.507 e.